The summed E-state index contributed by atoms with van der Waals surface area (Å²) >= 11 is 1.85. The van der Waals surface area contributed by atoms with Crippen molar-refractivity contribution in [1.82, 2.24) is 10.3 Å². The van der Waals surface area contributed by atoms with Crippen LogP contribution in [-0.2, 0) is 0 Å². The fourth-order valence-corrected chi connectivity index (χ4v) is 3.23. The molecule has 108 valence electrons. The maximum atomic E-state index is 12.1. The number of nitrogens with one attached hydrogen (secondary N) is 1. The summed E-state index contributed by atoms with van der Waals surface area (Å²) < 4.78 is 0. The maximum absolute atomic E-state index is 12.1. The van der Waals surface area contributed by atoms with Gasteiger partial charge in [-0.1, -0.05) is 6.42 Å². The molecule has 1 fully saturated rings. The average molecular weight is 294 g/mol. The Kier molecular flexibility index (Phi) is 5.00. The number of carbonyl (C=O) groups excluding carboxylic acids is 1. The number of thioether (sulfide) groups is 1. The van der Waals surface area contributed by atoms with Gasteiger partial charge in [0.05, 0.1) is 5.56 Å². The van der Waals surface area contributed by atoms with Gasteiger partial charge in [-0.05, 0) is 37.7 Å². The van der Waals surface area contributed by atoms with Crippen LogP contribution in [0.2, 0.25) is 0 Å². The molecule has 2 atom stereocenters. The fraction of sp³-hybridized carbons (Fsp3) is 0.500. The molecule has 0 radical (unpaired) electrons. The summed E-state index contributed by atoms with van der Waals surface area (Å²) in [5, 5.41) is 12.4. The van der Waals surface area contributed by atoms with Crippen LogP contribution in [0.5, 0.6) is 0 Å². The van der Waals surface area contributed by atoms with Crippen LogP contribution in [0.15, 0.2) is 18.3 Å². The van der Waals surface area contributed by atoms with Crippen molar-refractivity contribution in [3.63, 3.8) is 0 Å². The summed E-state index contributed by atoms with van der Waals surface area (Å²) in [6.07, 6.45) is 7.63. The van der Waals surface area contributed by atoms with Crippen molar-refractivity contribution < 1.29 is 14.7 Å². The maximum Gasteiger partial charge on any atom is 0.337 e. The van der Waals surface area contributed by atoms with Gasteiger partial charge >= 0.3 is 5.97 Å². The molecule has 1 amide bonds. The summed E-state index contributed by atoms with van der Waals surface area (Å²) in [5.74, 6) is -1.27. The van der Waals surface area contributed by atoms with Crippen molar-refractivity contribution in [2.45, 2.75) is 37.0 Å². The Labute approximate surface area is 122 Å². The lowest BCUT2D eigenvalue weighted by molar-refractivity contribution is 0.0695. The van der Waals surface area contributed by atoms with Crippen LogP contribution < -0.4 is 5.32 Å². The molecule has 5 nitrogen and oxygen atoms in total. The second-order valence-corrected chi connectivity index (χ2v) is 6.07. The molecule has 1 aromatic rings. The highest BCUT2D eigenvalue weighted by Gasteiger charge is 2.23. The van der Waals surface area contributed by atoms with E-state index in [-0.39, 0.29) is 23.2 Å². The molecule has 1 aliphatic rings. The lowest BCUT2D eigenvalue weighted by Crippen LogP contribution is -2.39. The smallest absolute Gasteiger partial charge is 0.337 e. The van der Waals surface area contributed by atoms with Gasteiger partial charge in [-0.2, -0.15) is 11.8 Å². The molecule has 0 spiro atoms. The SMILES string of the molecule is CSC1CCCC(NC(=O)c2ccc(C(=O)O)cn2)C1. The second-order valence-electron chi connectivity index (χ2n) is 4.93. The minimum absolute atomic E-state index is 0.0849. The summed E-state index contributed by atoms with van der Waals surface area (Å²) in [4.78, 5) is 26.7. The van der Waals surface area contributed by atoms with Crippen molar-refractivity contribution in [1.29, 1.82) is 0 Å². The Balaban J connectivity index is 1.95. The van der Waals surface area contributed by atoms with Crippen LogP contribution in [0.4, 0.5) is 0 Å². The number of aromatic nitrogens is 1. The zero-order valence-electron chi connectivity index (χ0n) is 11.3. The van der Waals surface area contributed by atoms with Crippen molar-refractivity contribution in [2.24, 2.45) is 0 Å². The highest BCUT2D eigenvalue weighted by Crippen LogP contribution is 2.26. The number of aromatic carboxylic acids is 1. The number of carboxylic acids is 1. The van der Waals surface area contributed by atoms with E-state index in [1.165, 1.54) is 24.8 Å². The van der Waals surface area contributed by atoms with E-state index in [4.69, 9.17) is 5.11 Å². The molecular formula is C14H18N2O3S. The summed E-state index contributed by atoms with van der Waals surface area (Å²) in [5.41, 5.74) is 0.350. The molecule has 6 heteroatoms. The normalized spacial score (nSPS) is 22.2. The summed E-state index contributed by atoms with van der Waals surface area (Å²) in [6.45, 7) is 0. The summed E-state index contributed by atoms with van der Waals surface area (Å²) in [6, 6.07) is 3.04. The second kappa shape index (κ2) is 6.74. The molecule has 1 aromatic heterocycles. The largest absolute Gasteiger partial charge is 0.478 e. The minimum Gasteiger partial charge on any atom is -0.478 e. The van der Waals surface area contributed by atoms with Gasteiger partial charge in [0, 0.05) is 17.5 Å². The first kappa shape index (κ1) is 14.8. The lowest BCUT2D eigenvalue weighted by Gasteiger charge is -2.28. The van der Waals surface area contributed by atoms with Gasteiger partial charge in [0.15, 0.2) is 0 Å². The van der Waals surface area contributed by atoms with Crippen LogP contribution in [-0.4, -0.2) is 39.5 Å². The van der Waals surface area contributed by atoms with Crippen molar-refractivity contribution >= 4 is 23.6 Å². The molecule has 20 heavy (non-hydrogen) atoms. The monoisotopic (exact) mass is 294 g/mol. The van der Waals surface area contributed by atoms with Crippen molar-refractivity contribution in [3.8, 4) is 0 Å². The number of carboxylic acid groups (broad SMARTS) is 1. The van der Waals surface area contributed by atoms with E-state index in [1.807, 2.05) is 11.8 Å². The van der Waals surface area contributed by atoms with Crippen molar-refractivity contribution in [2.75, 3.05) is 6.26 Å². The molecule has 2 unspecified atom stereocenters. The Bertz CT molecular complexity index is 490. The van der Waals surface area contributed by atoms with Crippen LogP contribution >= 0.6 is 11.8 Å². The Hall–Kier alpha value is -1.56. The molecule has 0 bridgehead atoms. The zero-order chi connectivity index (χ0) is 14.5. The highest BCUT2D eigenvalue weighted by atomic mass is 32.2. The van der Waals surface area contributed by atoms with E-state index < -0.39 is 5.97 Å². The highest BCUT2D eigenvalue weighted by molar-refractivity contribution is 7.99. The number of carbonyl (C=O) groups is 2. The number of nitrogens with zero attached hydrogens (tertiary/aromatic N) is 1. The molecule has 0 aliphatic heterocycles. The van der Waals surface area contributed by atoms with Gasteiger partial charge in [-0.15, -0.1) is 0 Å². The molecule has 2 rings (SSSR count). The molecule has 0 saturated heterocycles. The fourth-order valence-electron chi connectivity index (χ4n) is 2.40. The first-order valence-corrected chi connectivity index (χ1v) is 7.92. The zero-order valence-corrected chi connectivity index (χ0v) is 12.2. The molecular weight excluding hydrogens is 276 g/mol. The van der Waals surface area contributed by atoms with Gasteiger partial charge in [-0.25, -0.2) is 4.79 Å². The minimum atomic E-state index is -1.04. The standard InChI is InChI=1S/C14H18N2O3S/c1-20-11-4-2-3-10(7-11)16-13(17)12-6-5-9(8-15-12)14(18)19/h5-6,8,10-11H,2-4,7H2,1H3,(H,16,17)(H,18,19). The first-order valence-electron chi connectivity index (χ1n) is 6.63. The van der Waals surface area contributed by atoms with Gasteiger partial charge in [-0.3, -0.25) is 9.78 Å². The third-order valence-electron chi connectivity index (χ3n) is 3.54. The number of pyridine rings is 1. The number of amides is 1. The average Bonchev–Trinajstić information content (AvgIpc) is 2.47. The Morgan fingerprint density at radius 1 is 1.40 bits per heavy atom. The predicted molar refractivity (Wildman–Crippen MR) is 78.2 cm³/mol. The van der Waals surface area contributed by atoms with Gasteiger partial charge in [0.1, 0.15) is 5.69 Å². The quantitative estimate of drug-likeness (QED) is 0.890. The van der Waals surface area contributed by atoms with Crippen LogP contribution in [0.1, 0.15) is 46.5 Å². The lowest BCUT2D eigenvalue weighted by atomic mass is 9.95. The molecule has 1 saturated carbocycles. The van der Waals surface area contributed by atoms with Gasteiger partial charge in [0.25, 0.3) is 5.91 Å². The van der Waals surface area contributed by atoms with E-state index in [0.717, 1.165) is 19.3 Å². The van der Waals surface area contributed by atoms with Gasteiger partial charge in [0.2, 0.25) is 0 Å². The van der Waals surface area contributed by atoms with E-state index in [9.17, 15) is 9.59 Å². The third kappa shape index (κ3) is 3.72. The molecule has 1 aliphatic carbocycles. The van der Waals surface area contributed by atoms with E-state index in [2.05, 4.69) is 16.6 Å². The Morgan fingerprint density at radius 3 is 2.80 bits per heavy atom. The van der Waals surface area contributed by atoms with Gasteiger partial charge < -0.3 is 10.4 Å². The molecule has 2 N–H and O–H groups in total. The number of hydrogen-bond acceptors (Lipinski definition) is 4. The molecule has 1 heterocycles. The van der Waals surface area contributed by atoms with Crippen LogP contribution in [0.25, 0.3) is 0 Å². The van der Waals surface area contributed by atoms with Crippen LogP contribution in [0.3, 0.4) is 0 Å². The topological polar surface area (TPSA) is 79.3 Å². The predicted octanol–water partition coefficient (Wildman–Crippen LogP) is 2.18. The molecule has 0 aromatic carbocycles. The van der Waals surface area contributed by atoms with E-state index in [0.29, 0.717) is 5.25 Å². The van der Waals surface area contributed by atoms with Crippen molar-refractivity contribution in [3.05, 3.63) is 29.6 Å². The summed E-state index contributed by atoms with van der Waals surface area (Å²) in [7, 11) is 0. The van der Waals surface area contributed by atoms with E-state index >= 15 is 0 Å². The Morgan fingerprint density at radius 2 is 2.20 bits per heavy atom. The number of hydrogen-bond donors (Lipinski definition) is 2. The third-order valence-corrected chi connectivity index (χ3v) is 4.63. The van der Waals surface area contributed by atoms with Crippen LogP contribution in [0, 0.1) is 0 Å². The number of rotatable bonds is 4. The first-order chi connectivity index (χ1) is 9.60. The van der Waals surface area contributed by atoms with E-state index in [1.54, 1.807) is 0 Å².